The summed E-state index contributed by atoms with van der Waals surface area (Å²) in [6, 6.07) is 14.2. The molecule has 1 amide bonds. The van der Waals surface area contributed by atoms with Crippen molar-refractivity contribution >= 4 is 16.0 Å². The van der Waals surface area contributed by atoms with E-state index >= 15 is 0 Å². The van der Waals surface area contributed by atoms with E-state index in [1.54, 1.807) is 35.2 Å². The quantitative estimate of drug-likeness (QED) is 0.347. The average Bonchev–Trinajstić information content (AvgIpc) is 3.34. The molecule has 3 aromatic carbocycles. The Morgan fingerprint density at radius 1 is 1.03 bits per heavy atom. The summed E-state index contributed by atoms with van der Waals surface area (Å²) < 4.78 is 80.2. The fourth-order valence-corrected chi connectivity index (χ4v) is 4.71. The summed E-state index contributed by atoms with van der Waals surface area (Å²) in [5.41, 5.74) is -0.118. The van der Waals surface area contributed by atoms with E-state index in [4.69, 9.17) is 13.7 Å². The molecule has 0 radical (unpaired) electrons. The van der Waals surface area contributed by atoms with Gasteiger partial charge in [0.15, 0.2) is 11.5 Å². The maximum Gasteiger partial charge on any atom is 0.416 e. The Morgan fingerprint density at radius 3 is 2.49 bits per heavy atom. The van der Waals surface area contributed by atoms with E-state index in [2.05, 4.69) is 0 Å². The fourth-order valence-electron chi connectivity index (χ4n) is 3.74. The van der Waals surface area contributed by atoms with Crippen LogP contribution >= 0.6 is 0 Å². The van der Waals surface area contributed by atoms with Crippen LogP contribution in [-0.2, 0) is 22.8 Å². The number of halogens is 3. The lowest BCUT2D eigenvalue weighted by Crippen LogP contribution is -2.37. The van der Waals surface area contributed by atoms with Crippen molar-refractivity contribution in [1.29, 1.82) is 0 Å². The molecule has 0 N–H and O–H groups in total. The van der Waals surface area contributed by atoms with Crippen LogP contribution in [-0.4, -0.2) is 32.1 Å². The van der Waals surface area contributed by atoms with Crippen molar-refractivity contribution in [3.63, 3.8) is 0 Å². The molecule has 1 aliphatic heterocycles. The van der Waals surface area contributed by atoms with E-state index in [0.717, 1.165) is 18.2 Å². The normalized spacial score (nSPS) is 13.8. The number of benzene rings is 3. The lowest BCUT2D eigenvalue weighted by molar-refractivity contribution is -0.137. The number of alkyl halides is 3. The third-order valence-corrected chi connectivity index (χ3v) is 7.15. The second-order valence-electron chi connectivity index (χ2n) is 8.47. The summed E-state index contributed by atoms with van der Waals surface area (Å²) >= 11 is 0. The molecule has 0 fully saturated rings. The first-order valence-corrected chi connectivity index (χ1v) is 12.8. The van der Waals surface area contributed by atoms with Crippen molar-refractivity contribution < 1.29 is 40.0 Å². The van der Waals surface area contributed by atoms with Gasteiger partial charge < -0.3 is 18.6 Å². The number of amides is 1. The Balaban J connectivity index is 1.56. The predicted molar refractivity (Wildman–Crippen MR) is 128 cm³/mol. The van der Waals surface area contributed by atoms with Crippen molar-refractivity contribution in [1.82, 2.24) is 4.90 Å². The zero-order valence-corrected chi connectivity index (χ0v) is 20.8. The number of carbonyl (C=O) groups is 1. The second-order valence-corrected chi connectivity index (χ2v) is 10.0. The van der Waals surface area contributed by atoms with E-state index in [1.807, 2.05) is 13.8 Å². The highest BCUT2D eigenvalue weighted by molar-refractivity contribution is 7.87. The molecule has 0 aromatic heterocycles. The van der Waals surface area contributed by atoms with Gasteiger partial charge in [0.25, 0.3) is 5.91 Å². The second kappa shape index (κ2) is 10.3. The molecule has 1 aliphatic rings. The summed E-state index contributed by atoms with van der Waals surface area (Å²) in [6.07, 6.45) is -4.04. The van der Waals surface area contributed by atoms with Gasteiger partial charge in [0.1, 0.15) is 10.6 Å². The van der Waals surface area contributed by atoms with Gasteiger partial charge in [-0.15, -0.1) is 0 Å². The van der Waals surface area contributed by atoms with Gasteiger partial charge in [-0.2, -0.15) is 21.6 Å². The van der Waals surface area contributed by atoms with Gasteiger partial charge >= 0.3 is 16.3 Å². The van der Waals surface area contributed by atoms with E-state index in [1.165, 1.54) is 12.1 Å². The van der Waals surface area contributed by atoms with Crippen molar-refractivity contribution in [2.75, 3.05) is 6.79 Å². The maximum absolute atomic E-state index is 13.4. The number of hydrogen-bond acceptors (Lipinski definition) is 6. The molecule has 1 atom stereocenters. The molecule has 196 valence electrons. The predicted octanol–water partition coefficient (Wildman–Crippen LogP) is 5.64. The molecule has 0 aliphatic carbocycles. The largest absolute Gasteiger partial charge is 0.454 e. The Labute approximate surface area is 212 Å². The van der Waals surface area contributed by atoms with Gasteiger partial charge in [-0.1, -0.05) is 25.1 Å². The van der Waals surface area contributed by atoms with Crippen molar-refractivity contribution in [3.8, 4) is 17.2 Å². The van der Waals surface area contributed by atoms with Gasteiger partial charge in [0, 0.05) is 18.2 Å². The molecule has 1 unspecified atom stereocenters. The van der Waals surface area contributed by atoms with E-state index < -0.39 is 26.8 Å². The number of nitrogens with zero attached hydrogens (tertiary/aromatic N) is 1. The molecular formula is C26H24F3NO6S. The van der Waals surface area contributed by atoms with Crippen LogP contribution in [0, 0.1) is 0 Å². The zero-order valence-electron chi connectivity index (χ0n) is 20.0. The van der Waals surface area contributed by atoms with Crippen LogP contribution in [0.5, 0.6) is 17.2 Å². The van der Waals surface area contributed by atoms with E-state index in [-0.39, 0.29) is 31.0 Å². The van der Waals surface area contributed by atoms with Crippen LogP contribution in [0.4, 0.5) is 13.2 Å². The topological polar surface area (TPSA) is 82.1 Å². The highest BCUT2D eigenvalue weighted by Crippen LogP contribution is 2.34. The minimum atomic E-state index is -4.70. The first kappa shape index (κ1) is 26.3. The van der Waals surface area contributed by atoms with Gasteiger partial charge in [-0.3, -0.25) is 4.79 Å². The maximum atomic E-state index is 13.4. The fraction of sp³-hybridized carbons (Fsp3) is 0.269. The molecule has 37 heavy (non-hydrogen) atoms. The molecule has 7 nitrogen and oxygen atoms in total. The Bertz CT molecular complexity index is 1410. The standard InChI is InChI=1S/C26H24F3NO6S/c1-3-17(2)30(25(31)19-10-11-23-24(13-19)35-16-34-23)15-18-6-4-8-21(12-18)36-37(32,33)22-9-5-7-20(14-22)26(27,28)29/h4-14,17H,3,15-16H2,1-2H3. The number of hydrogen-bond donors (Lipinski definition) is 0. The molecule has 0 spiro atoms. The smallest absolute Gasteiger partial charge is 0.416 e. The molecule has 11 heteroatoms. The van der Waals surface area contributed by atoms with Crippen LogP contribution < -0.4 is 13.7 Å². The number of rotatable bonds is 8. The first-order valence-electron chi connectivity index (χ1n) is 11.4. The van der Waals surface area contributed by atoms with Crippen LogP contribution in [0.2, 0.25) is 0 Å². The van der Waals surface area contributed by atoms with Crippen LogP contribution in [0.3, 0.4) is 0 Å². The summed E-state index contributed by atoms with van der Waals surface area (Å²) in [4.78, 5) is 14.4. The summed E-state index contributed by atoms with van der Waals surface area (Å²) in [7, 11) is -4.53. The van der Waals surface area contributed by atoms with Gasteiger partial charge in [0.05, 0.1) is 5.56 Å². The number of fused-ring (bicyclic) bond motifs is 1. The Kier molecular flexibility index (Phi) is 7.35. The molecular weight excluding hydrogens is 511 g/mol. The molecule has 1 heterocycles. The third kappa shape index (κ3) is 5.99. The van der Waals surface area contributed by atoms with Crippen molar-refractivity contribution in [3.05, 3.63) is 83.4 Å². The van der Waals surface area contributed by atoms with Crippen LogP contribution in [0.1, 0.15) is 41.8 Å². The Morgan fingerprint density at radius 2 is 1.76 bits per heavy atom. The third-order valence-electron chi connectivity index (χ3n) is 5.91. The Hall–Kier alpha value is -3.73. The highest BCUT2D eigenvalue weighted by Gasteiger charge is 2.32. The molecule has 4 rings (SSSR count). The first-order chi connectivity index (χ1) is 17.5. The molecule has 3 aromatic rings. The molecule has 0 bridgehead atoms. The average molecular weight is 536 g/mol. The molecule has 0 saturated heterocycles. The van der Waals surface area contributed by atoms with E-state index in [9.17, 15) is 26.4 Å². The van der Waals surface area contributed by atoms with Gasteiger partial charge in [0.2, 0.25) is 6.79 Å². The summed E-state index contributed by atoms with van der Waals surface area (Å²) in [5.74, 6) is 0.689. The monoisotopic (exact) mass is 535 g/mol. The SMILES string of the molecule is CCC(C)N(Cc1cccc(OS(=O)(=O)c2cccc(C(F)(F)F)c2)c1)C(=O)c1ccc2c(c1)OCO2. The summed E-state index contributed by atoms with van der Waals surface area (Å²) in [6.45, 7) is 4.05. The van der Waals surface area contributed by atoms with Crippen LogP contribution in [0.15, 0.2) is 71.6 Å². The van der Waals surface area contributed by atoms with Crippen molar-refractivity contribution in [2.45, 2.75) is 43.9 Å². The lowest BCUT2D eigenvalue weighted by Gasteiger charge is -2.29. The van der Waals surface area contributed by atoms with Crippen LogP contribution in [0.25, 0.3) is 0 Å². The van der Waals surface area contributed by atoms with Gasteiger partial charge in [-0.05, 0) is 67.4 Å². The van der Waals surface area contributed by atoms with E-state index in [0.29, 0.717) is 35.1 Å². The highest BCUT2D eigenvalue weighted by atomic mass is 32.2. The lowest BCUT2D eigenvalue weighted by atomic mass is 10.1. The van der Waals surface area contributed by atoms with Gasteiger partial charge in [-0.25, -0.2) is 0 Å². The number of ether oxygens (including phenoxy) is 2. The minimum Gasteiger partial charge on any atom is -0.454 e. The summed E-state index contributed by atoms with van der Waals surface area (Å²) in [5, 5.41) is 0. The molecule has 0 saturated carbocycles. The zero-order chi connectivity index (χ0) is 26.8. The number of carbonyl (C=O) groups excluding carboxylic acids is 1. The minimum absolute atomic E-state index is 0.0816. The van der Waals surface area contributed by atoms with Crippen molar-refractivity contribution in [2.24, 2.45) is 0 Å².